The number of hydrogen-bond acceptors (Lipinski definition) is 6. The number of halogens is 1. The Morgan fingerprint density at radius 2 is 1.95 bits per heavy atom. The van der Waals surface area contributed by atoms with Crippen LogP contribution in [0.25, 0.3) is 0 Å². The average Bonchev–Trinajstić information content (AvgIpc) is 2.48. The molecular weight excluding hydrogens is 320 g/mol. The van der Waals surface area contributed by atoms with E-state index in [9.17, 15) is 13.2 Å². The van der Waals surface area contributed by atoms with Crippen molar-refractivity contribution in [1.82, 2.24) is 19.6 Å². The molecule has 1 amide bonds. The van der Waals surface area contributed by atoms with Crippen LogP contribution in [0.5, 0.6) is 0 Å². The zero-order chi connectivity index (χ0) is 15.3. The first-order chi connectivity index (χ1) is 9.99. The van der Waals surface area contributed by atoms with Crippen LogP contribution < -0.4 is 4.72 Å². The van der Waals surface area contributed by atoms with Crippen molar-refractivity contribution in [2.75, 3.05) is 32.8 Å². The zero-order valence-electron chi connectivity index (χ0n) is 11.2. The summed E-state index contributed by atoms with van der Waals surface area (Å²) < 4.78 is 31.3. The number of nitrogens with zero attached hydrogens (tertiary/aromatic N) is 3. The van der Waals surface area contributed by atoms with Gasteiger partial charge >= 0.3 is 0 Å². The molecule has 0 atom stereocenters. The third kappa shape index (κ3) is 4.60. The molecule has 0 saturated carbocycles. The minimum atomic E-state index is -3.73. The van der Waals surface area contributed by atoms with Crippen LogP contribution in [0.3, 0.4) is 0 Å². The van der Waals surface area contributed by atoms with Gasteiger partial charge in [0.2, 0.25) is 21.2 Å². The van der Waals surface area contributed by atoms with E-state index >= 15 is 0 Å². The van der Waals surface area contributed by atoms with E-state index in [1.807, 2.05) is 0 Å². The molecule has 0 aliphatic carbocycles. The van der Waals surface area contributed by atoms with Crippen molar-refractivity contribution < 1.29 is 17.9 Å². The van der Waals surface area contributed by atoms with Gasteiger partial charge in [0.25, 0.3) is 0 Å². The Morgan fingerprint density at radius 3 is 2.57 bits per heavy atom. The molecule has 1 aromatic heterocycles. The summed E-state index contributed by atoms with van der Waals surface area (Å²) in [7, 11) is -3.73. The van der Waals surface area contributed by atoms with Gasteiger partial charge in [-0.05, 0) is 11.6 Å². The van der Waals surface area contributed by atoms with Gasteiger partial charge in [-0.3, -0.25) is 4.79 Å². The Balaban J connectivity index is 1.84. The fourth-order valence-corrected chi connectivity index (χ4v) is 2.80. The average molecular weight is 335 g/mol. The van der Waals surface area contributed by atoms with Crippen LogP contribution >= 0.6 is 11.6 Å². The summed E-state index contributed by atoms with van der Waals surface area (Å²) in [4.78, 5) is 20.6. The fourth-order valence-electron chi connectivity index (χ4n) is 1.79. The highest BCUT2D eigenvalue weighted by atomic mass is 35.5. The third-order valence-corrected chi connectivity index (χ3v) is 4.51. The van der Waals surface area contributed by atoms with Crippen molar-refractivity contribution >= 4 is 27.5 Å². The second-order valence-corrected chi connectivity index (χ2v) is 6.43. The topological polar surface area (TPSA) is 101 Å². The minimum Gasteiger partial charge on any atom is -0.378 e. The molecule has 21 heavy (non-hydrogen) atoms. The SMILES string of the molecule is O=C(CCNS(=O)(=O)c1cnc(Cl)nc1)N1CCOCC1. The molecule has 1 fully saturated rings. The number of nitrogens with one attached hydrogen (secondary N) is 1. The van der Waals surface area contributed by atoms with Gasteiger partial charge < -0.3 is 9.64 Å². The van der Waals surface area contributed by atoms with E-state index in [4.69, 9.17) is 16.3 Å². The van der Waals surface area contributed by atoms with Gasteiger partial charge in [-0.1, -0.05) is 0 Å². The summed E-state index contributed by atoms with van der Waals surface area (Å²) in [6.07, 6.45) is 2.32. The van der Waals surface area contributed by atoms with E-state index in [1.165, 1.54) is 0 Å². The van der Waals surface area contributed by atoms with E-state index in [0.717, 1.165) is 12.4 Å². The number of hydrogen-bond donors (Lipinski definition) is 1. The van der Waals surface area contributed by atoms with Crippen LogP contribution in [0.2, 0.25) is 5.28 Å². The lowest BCUT2D eigenvalue weighted by Gasteiger charge is -2.26. The Labute approximate surface area is 127 Å². The lowest BCUT2D eigenvalue weighted by Crippen LogP contribution is -2.42. The number of rotatable bonds is 5. The Hall–Kier alpha value is -1.29. The maximum Gasteiger partial charge on any atom is 0.243 e. The standard InChI is InChI=1S/C11H15ClN4O4S/c12-11-13-7-9(8-14-11)21(18,19)15-2-1-10(17)16-3-5-20-6-4-16/h7-8,15H,1-6H2. The van der Waals surface area contributed by atoms with Gasteiger partial charge in [0.15, 0.2) is 0 Å². The fraction of sp³-hybridized carbons (Fsp3) is 0.545. The summed E-state index contributed by atoms with van der Waals surface area (Å²) in [6.45, 7) is 2.12. The van der Waals surface area contributed by atoms with E-state index in [-0.39, 0.29) is 29.1 Å². The number of morpholine rings is 1. The molecule has 1 saturated heterocycles. The number of aromatic nitrogens is 2. The molecular formula is C11H15ClN4O4S. The number of carbonyl (C=O) groups excluding carboxylic acids is 1. The molecule has 0 aromatic carbocycles. The number of ether oxygens (including phenoxy) is 1. The van der Waals surface area contributed by atoms with Crippen LogP contribution in [0.15, 0.2) is 17.3 Å². The Kier molecular flexibility index (Phi) is 5.45. The molecule has 1 N–H and O–H groups in total. The Morgan fingerprint density at radius 1 is 1.33 bits per heavy atom. The first-order valence-corrected chi connectivity index (χ1v) is 8.18. The van der Waals surface area contributed by atoms with Crippen molar-refractivity contribution in [2.24, 2.45) is 0 Å². The largest absolute Gasteiger partial charge is 0.378 e. The van der Waals surface area contributed by atoms with E-state index in [1.54, 1.807) is 4.90 Å². The van der Waals surface area contributed by atoms with Crippen molar-refractivity contribution in [3.8, 4) is 0 Å². The first-order valence-electron chi connectivity index (χ1n) is 6.32. The van der Waals surface area contributed by atoms with Gasteiger partial charge in [0.1, 0.15) is 4.90 Å². The molecule has 2 heterocycles. The summed E-state index contributed by atoms with van der Waals surface area (Å²) in [6, 6.07) is 0. The van der Waals surface area contributed by atoms with E-state index in [0.29, 0.717) is 26.3 Å². The molecule has 1 aliphatic rings. The van der Waals surface area contributed by atoms with Crippen LogP contribution in [-0.2, 0) is 19.6 Å². The van der Waals surface area contributed by atoms with Crippen molar-refractivity contribution in [2.45, 2.75) is 11.3 Å². The monoisotopic (exact) mass is 334 g/mol. The predicted molar refractivity (Wildman–Crippen MR) is 74.2 cm³/mol. The van der Waals surface area contributed by atoms with Crippen molar-refractivity contribution in [3.63, 3.8) is 0 Å². The molecule has 0 spiro atoms. The Bertz CT molecular complexity index is 587. The van der Waals surface area contributed by atoms with Crippen LogP contribution in [0.4, 0.5) is 0 Å². The normalized spacial score (nSPS) is 16.0. The van der Waals surface area contributed by atoms with Crippen LogP contribution in [0, 0.1) is 0 Å². The summed E-state index contributed by atoms with van der Waals surface area (Å²) in [5.74, 6) is -0.103. The number of carbonyl (C=O) groups is 1. The van der Waals surface area contributed by atoms with Crippen LogP contribution in [0.1, 0.15) is 6.42 Å². The van der Waals surface area contributed by atoms with Gasteiger partial charge in [0, 0.05) is 26.1 Å². The van der Waals surface area contributed by atoms with E-state index < -0.39 is 10.0 Å². The zero-order valence-corrected chi connectivity index (χ0v) is 12.7. The van der Waals surface area contributed by atoms with Crippen molar-refractivity contribution in [1.29, 1.82) is 0 Å². The lowest BCUT2D eigenvalue weighted by atomic mass is 10.3. The smallest absolute Gasteiger partial charge is 0.243 e. The molecule has 1 aromatic rings. The second-order valence-electron chi connectivity index (χ2n) is 4.33. The predicted octanol–water partition coefficient (Wildman–Crippen LogP) is -0.343. The van der Waals surface area contributed by atoms with Gasteiger partial charge in [-0.2, -0.15) is 0 Å². The molecule has 1 aliphatic heterocycles. The molecule has 8 nitrogen and oxygen atoms in total. The van der Waals surface area contributed by atoms with Gasteiger partial charge in [-0.25, -0.2) is 23.1 Å². The third-order valence-electron chi connectivity index (χ3n) is 2.90. The molecule has 0 unspecified atom stereocenters. The second kappa shape index (κ2) is 7.12. The lowest BCUT2D eigenvalue weighted by molar-refractivity contribution is -0.135. The number of sulfonamides is 1. The van der Waals surface area contributed by atoms with E-state index in [2.05, 4.69) is 14.7 Å². The highest BCUT2D eigenvalue weighted by Gasteiger charge is 2.19. The van der Waals surface area contributed by atoms with Gasteiger partial charge in [-0.15, -0.1) is 0 Å². The number of amides is 1. The van der Waals surface area contributed by atoms with Gasteiger partial charge in [0.05, 0.1) is 25.6 Å². The minimum absolute atomic E-state index is 0.0150. The van der Waals surface area contributed by atoms with Crippen molar-refractivity contribution in [3.05, 3.63) is 17.7 Å². The highest BCUT2D eigenvalue weighted by molar-refractivity contribution is 7.89. The quantitative estimate of drug-likeness (QED) is 0.739. The molecule has 10 heteroatoms. The summed E-state index contributed by atoms with van der Waals surface area (Å²) in [5, 5.41) is -0.0311. The van der Waals surface area contributed by atoms with Crippen LogP contribution in [-0.4, -0.2) is 62.0 Å². The molecule has 116 valence electrons. The maximum absolute atomic E-state index is 11.9. The first kappa shape index (κ1) is 16.1. The highest BCUT2D eigenvalue weighted by Crippen LogP contribution is 2.07. The summed E-state index contributed by atoms with van der Waals surface area (Å²) >= 11 is 5.50. The molecule has 0 radical (unpaired) electrons. The molecule has 2 rings (SSSR count). The molecule has 0 bridgehead atoms. The maximum atomic E-state index is 11.9. The summed E-state index contributed by atoms with van der Waals surface area (Å²) in [5.41, 5.74) is 0.